The van der Waals surface area contributed by atoms with Gasteiger partial charge in [0.1, 0.15) is 0 Å². The third kappa shape index (κ3) is 3.68. The molecule has 1 aliphatic heterocycles. The first-order chi connectivity index (χ1) is 16.2. The minimum absolute atomic E-state index is 0.0143. The lowest BCUT2D eigenvalue weighted by molar-refractivity contribution is -0.134. The normalized spacial score (nSPS) is 22.3. The van der Waals surface area contributed by atoms with Gasteiger partial charge in [-0.1, -0.05) is 48.5 Å². The molecule has 1 atom stereocenters. The Balaban J connectivity index is 1.07. The number of fused-ring (bicyclic) bond motifs is 2. The van der Waals surface area contributed by atoms with Crippen molar-refractivity contribution >= 4 is 23.2 Å². The van der Waals surface area contributed by atoms with Crippen molar-refractivity contribution in [1.29, 1.82) is 0 Å². The molecule has 7 rings (SSSR count). The monoisotopic (exact) mass is 456 g/mol. The van der Waals surface area contributed by atoms with Gasteiger partial charge in [-0.3, -0.25) is 9.59 Å². The van der Waals surface area contributed by atoms with Crippen molar-refractivity contribution in [3.63, 3.8) is 0 Å². The van der Waals surface area contributed by atoms with Crippen LogP contribution in [0.4, 0.5) is 0 Å². The average Bonchev–Trinajstić information content (AvgIpc) is 3.34. The molecule has 4 nitrogen and oxygen atoms in total. The molecule has 0 radical (unpaired) electrons. The lowest BCUT2D eigenvalue weighted by Gasteiger charge is -2.45. The van der Waals surface area contributed by atoms with Crippen molar-refractivity contribution in [3.8, 4) is 0 Å². The SMILES string of the molecule is O=C(CCC(=O)N1CCc2sccc2C1)NCC1CC2c3ccccc3C1c1ccccc12. The Bertz CT molecular complexity index is 1170. The van der Waals surface area contributed by atoms with Crippen LogP contribution in [0, 0.1) is 5.92 Å². The van der Waals surface area contributed by atoms with Gasteiger partial charge in [-0.15, -0.1) is 11.3 Å². The van der Waals surface area contributed by atoms with Crippen LogP contribution in [-0.2, 0) is 22.6 Å². The van der Waals surface area contributed by atoms with Gasteiger partial charge in [-0.25, -0.2) is 0 Å². The van der Waals surface area contributed by atoms with Gasteiger partial charge in [0.05, 0.1) is 0 Å². The summed E-state index contributed by atoms with van der Waals surface area (Å²) in [6, 6.07) is 19.7. The molecule has 2 amide bonds. The predicted octanol–water partition coefficient (Wildman–Crippen LogP) is 4.83. The predicted molar refractivity (Wildman–Crippen MR) is 130 cm³/mol. The highest BCUT2D eigenvalue weighted by Crippen LogP contribution is 2.55. The Labute approximate surface area is 198 Å². The van der Waals surface area contributed by atoms with Gasteiger partial charge in [0.25, 0.3) is 0 Å². The van der Waals surface area contributed by atoms with Gasteiger partial charge in [-0.2, -0.15) is 0 Å². The molecule has 1 aromatic heterocycles. The van der Waals surface area contributed by atoms with Crippen LogP contribution >= 0.6 is 11.3 Å². The topological polar surface area (TPSA) is 49.4 Å². The van der Waals surface area contributed by atoms with Crippen molar-refractivity contribution < 1.29 is 9.59 Å². The molecule has 0 saturated carbocycles. The third-order valence-corrected chi connectivity index (χ3v) is 8.73. The van der Waals surface area contributed by atoms with Crippen LogP contribution in [0.2, 0.25) is 0 Å². The fourth-order valence-corrected chi connectivity index (χ4v) is 7.02. The summed E-state index contributed by atoms with van der Waals surface area (Å²) in [4.78, 5) is 28.6. The number of nitrogens with one attached hydrogen (secondary N) is 1. The second-order valence-corrected chi connectivity index (χ2v) is 10.5. The molecule has 33 heavy (non-hydrogen) atoms. The number of rotatable bonds is 5. The maximum Gasteiger partial charge on any atom is 0.223 e. The van der Waals surface area contributed by atoms with E-state index in [0.29, 0.717) is 30.8 Å². The highest BCUT2D eigenvalue weighted by atomic mass is 32.1. The number of benzene rings is 2. The Morgan fingerprint density at radius 3 is 2.36 bits per heavy atom. The van der Waals surface area contributed by atoms with Crippen LogP contribution in [0.1, 0.15) is 63.8 Å². The van der Waals surface area contributed by atoms with Crippen LogP contribution in [0.5, 0.6) is 0 Å². The van der Waals surface area contributed by atoms with E-state index >= 15 is 0 Å². The zero-order valence-electron chi connectivity index (χ0n) is 18.6. The average molecular weight is 457 g/mol. The van der Waals surface area contributed by atoms with E-state index in [4.69, 9.17) is 0 Å². The molecular weight excluding hydrogens is 428 g/mol. The Hall–Kier alpha value is -2.92. The molecule has 0 spiro atoms. The number of carbonyl (C=O) groups excluding carboxylic acids is 2. The lowest BCUT2D eigenvalue weighted by Crippen LogP contribution is -2.40. The zero-order valence-corrected chi connectivity index (χ0v) is 19.4. The summed E-state index contributed by atoms with van der Waals surface area (Å²) in [5, 5.41) is 5.26. The number of nitrogens with zero attached hydrogens (tertiary/aromatic N) is 1. The van der Waals surface area contributed by atoms with Gasteiger partial charge < -0.3 is 10.2 Å². The minimum Gasteiger partial charge on any atom is -0.356 e. The summed E-state index contributed by atoms with van der Waals surface area (Å²) in [5.41, 5.74) is 6.99. The Kier molecular flexibility index (Phi) is 5.30. The van der Waals surface area contributed by atoms with Gasteiger partial charge in [0.15, 0.2) is 0 Å². The molecular formula is C28H28N2O2S. The van der Waals surface area contributed by atoms with Crippen molar-refractivity contribution in [2.45, 2.75) is 44.1 Å². The van der Waals surface area contributed by atoms with Crippen molar-refractivity contribution in [1.82, 2.24) is 10.2 Å². The fraction of sp³-hybridized carbons (Fsp3) is 0.357. The van der Waals surface area contributed by atoms with Crippen LogP contribution in [0.3, 0.4) is 0 Å². The molecule has 5 heteroatoms. The molecule has 0 saturated heterocycles. The Morgan fingerprint density at radius 2 is 1.64 bits per heavy atom. The first kappa shape index (κ1) is 20.7. The maximum atomic E-state index is 12.7. The number of thiophene rings is 1. The summed E-state index contributed by atoms with van der Waals surface area (Å²) in [5.74, 6) is 1.20. The molecule has 2 bridgehead atoms. The summed E-state index contributed by atoms with van der Waals surface area (Å²) in [6.45, 7) is 2.11. The van der Waals surface area contributed by atoms with E-state index in [1.54, 1.807) is 11.3 Å². The molecule has 2 aromatic carbocycles. The van der Waals surface area contributed by atoms with E-state index in [0.717, 1.165) is 19.4 Å². The molecule has 2 heterocycles. The molecule has 3 aliphatic carbocycles. The largest absolute Gasteiger partial charge is 0.356 e. The van der Waals surface area contributed by atoms with Gasteiger partial charge >= 0.3 is 0 Å². The highest BCUT2D eigenvalue weighted by molar-refractivity contribution is 7.10. The second kappa shape index (κ2) is 8.45. The molecule has 0 fully saturated rings. The number of amides is 2. The number of hydrogen-bond acceptors (Lipinski definition) is 3. The van der Waals surface area contributed by atoms with Gasteiger partial charge in [0, 0.05) is 49.2 Å². The standard InChI is InChI=1S/C28H28N2O2S/c31-26(9-10-27(32)30-13-11-25-18(17-30)12-14-33-25)29-16-19-15-24-20-5-1-3-7-22(20)28(19)23-8-4-2-6-21(23)24/h1-8,12,14,19,24,28H,9-11,13,15-17H2,(H,29,31). The van der Waals surface area contributed by atoms with Crippen molar-refractivity contribution in [2.75, 3.05) is 13.1 Å². The van der Waals surface area contributed by atoms with Crippen LogP contribution in [0.15, 0.2) is 60.0 Å². The van der Waals surface area contributed by atoms with Crippen molar-refractivity contribution in [2.24, 2.45) is 5.92 Å². The molecule has 1 unspecified atom stereocenters. The first-order valence-electron chi connectivity index (χ1n) is 12.0. The van der Waals surface area contributed by atoms with E-state index in [2.05, 4.69) is 65.3 Å². The van der Waals surface area contributed by atoms with E-state index < -0.39 is 0 Å². The van der Waals surface area contributed by atoms with Crippen LogP contribution in [-0.4, -0.2) is 29.8 Å². The minimum atomic E-state index is -0.0143. The highest BCUT2D eigenvalue weighted by Gasteiger charge is 2.42. The summed E-state index contributed by atoms with van der Waals surface area (Å²) >= 11 is 1.77. The lowest BCUT2D eigenvalue weighted by atomic mass is 9.59. The van der Waals surface area contributed by atoms with Gasteiger partial charge in [0.2, 0.25) is 11.8 Å². The number of hydrogen-bond donors (Lipinski definition) is 1. The number of carbonyl (C=O) groups is 2. The second-order valence-electron chi connectivity index (χ2n) is 9.52. The fourth-order valence-electron chi connectivity index (χ4n) is 6.13. The maximum absolute atomic E-state index is 12.7. The molecule has 168 valence electrons. The molecule has 3 aromatic rings. The quantitative estimate of drug-likeness (QED) is 0.598. The smallest absolute Gasteiger partial charge is 0.223 e. The van der Waals surface area contributed by atoms with Crippen LogP contribution in [0.25, 0.3) is 0 Å². The summed E-state index contributed by atoms with van der Waals surface area (Å²) in [7, 11) is 0. The summed E-state index contributed by atoms with van der Waals surface area (Å²) < 4.78 is 0. The Morgan fingerprint density at radius 1 is 0.939 bits per heavy atom. The third-order valence-electron chi connectivity index (χ3n) is 7.71. The van der Waals surface area contributed by atoms with E-state index in [-0.39, 0.29) is 24.7 Å². The van der Waals surface area contributed by atoms with E-state index in [9.17, 15) is 9.59 Å². The van der Waals surface area contributed by atoms with Crippen LogP contribution < -0.4 is 5.32 Å². The first-order valence-corrected chi connectivity index (χ1v) is 12.8. The molecule has 4 aliphatic rings. The summed E-state index contributed by atoms with van der Waals surface area (Å²) in [6.07, 6.45) is 2.54. The van der Waals surface area contributed by atoms with E-state index in [1.165, 1.54) is 32.7 Å². The van der Waals surface area contributed by atoms with Gasteiger partial charge in [-0.05, 0) is 58.0 Å². The van der Waals surface area contributed by atoms with Crippen molar-refractivity contribution in [3.05, 3.63) is 92.7 Å². The molecule has 1 N–H and O–H groups in total. The van der Waals surface area contributed by atoms with E-state index in [1.807, 2.05) is 4.90 Å². The zero-order chi connectivity index (χ0) is 22.4.